The minimum Gasteiger partial charge on any atom is -0.493 e. The largest absolute Gasteiger partial charge is 0.493 e. The summed E-state index contributed by atoms with van der Waals surface area (Å²) in [6, 6.07) is 47.2. The maximum atomic E-state index is 13.0. The zero-order valence-electron chi connectivity index (χ0n) is 28.4. The van der Waals surface area contributed by atoms with Gasteiger partial charge in [-0.05, 0) is 46.0 Å². The number of carboxylic acids is 1. The van der Waals surface area contributed by atoms with E-state index >= 15 is 0 Å². The molecule has 8 heteroatoms. The topological polar surface area (TPSA) is 94.1 Å². The number of fused-ring (bicyclic) bond motifs is 3. The number of hydrogen-bond donors (Lipinski definition) is 2. The van der Waals surface area contributed by atoms with Gasteiger partial charge in [-0.25, -0.2) is 9.59 Å². The quantitative estimate of drug-likeness (QED) is 0.123. The van der Waals surface area contributed by atoms with E-state index in [0.29, 0.717) is 22.1 Å². The molecule has 0 heterocycles. The maximum absolute atomic E-state index is 13.0. The molecule has 1 amide bonds. The van der Waals surface area contributed by atoms with Crippen LogP contribution in [-0.4, -0.2) is 36.9 Å². The van der Waals surface area contributed by atoms with Gasteiger partial charge in [-0.2, -0.15) is 0 Å². The summed E-state index contributed by atoms with van der Waals surface area (Å²) < 4.78 is 18.5. The van der Waals surface area contributed by atoms with Crippen molar-refractivity contribution in [3.8, 4) is 22.6 Å². The van der Waals surface area contributed by atoms with E-state index < -0.39 is 23.7 Å². The fourth-order valence-corrected chi connectivity index (χ4v) is 7.32. The monoisotopic (exact) mass is 709 g/mol. The molecule has 1 aliphatic carbocycles. The van der Waals surface area contributed by atoms with Crippen LogP contribution in [-0.2, 0) is 21.6 Å². The third kappa shape index (κ3) is 6.71. The van der Waals surface area contributed by atoms with Crippen LogP contribution in [0.25, 0.3) is 11.1 Å². The summed E-state index contributed by atoms with van der Waals surface area (Å²) in [6.07, 6.45) is -0.833. The summed E-state index contributed by atoms with van der Waals surface area (Å²) in [6.45, 7) is 0.0715. The van der Waals surface area contributed by atoms with Gasteiger partial charge in [-0.1, -0.05) is 145 Å². The molecule has 6 aromatic rings. The number of aliphatic carboxylic acids is 1. The second-order valence-corrected chi connectivity index (χ2v) is 13.0. The average Bonchev–Trinajstić information content (AvgIpc) is 3.50. The van der Waals surface area contributed by atoms with Crippen LogP contribution in [0.15, 0.2) is 152 Å². The zero-order chi connectivity index (χ0) is 36.1. The van der Waals surface area contributed by atoms with Crippen LogP contribution in [0, 0.1) is 0 Å². The first kappa shape index (κ1) is 34.4. The molecule has 0 saturated heterocycles. The Balaban J connectivity index is 1.13. The van der Waals surface area contributed by atoms with E-state index in [4.69, 9.17) is 25.8 Å². The second-order valence-electron chi connectivity index (χ2n) is 12.5. The predicted octanol–water partition coefficient (Wildman–Crippen LogP) is 9.25. The Kier molecular flexibility index (Phi) is 9.96. The van der Waals surface area contributed by atoms with Crippen molar-refractivity contribution in [1.82, 2.24) is 5.32 Å². The van der Waals surface area contributed by atoms with Crippen LogP contribution in [0.3, 0.4) is 0 Å². The van der Waals surface area contributed by atoms with Gasteiger partial charge < -0.3 is 24.6 Å². The molecule has 0 spiro atoms. The molecular weight excluding hydrogens is 674 g/mol. The first-order valence-corrected chi connectivity index (χ1v) is 17.3. The summed E-state index contributed by atoms with van der Waals surface area (Å²) in [5.74, 6) is -0.553. The molecule has 0 saturated carbocycles. The van der Waals surface area contributed by atoms with E-state index in [1.54, 1.807) is 18.2 Å². The Bertz CT molecular complexity index is 2120. The Hall–Kier alpha value is -6.05. The van der Waals surface area contributed by atoms with Gasteiger partial charge in [0, 0.05) is 34.1 Å². The molecule has 1 atom stereocenters. The average molecular weight is 710 g/mol. The molecule has 2 N–H and O–H groups in total. The van der Waals surface area contributed by atoms with E-state index in [-0.39, 0.29) is 18.9 Å². The number of benzene rings is 6. The van der Waals surface area contributed by atoms with Gasteiger partial charge in [-0.15, -0.1) is 0 Å². The summed E-state index contributed by atoms with van der Waals surface area (Å²) >= 11 is 6.89. The molecule has 0 radical (unpaired) electrons. The van der Waals surface area contributed by atoms with E-state index in [0.717, 1.165) is 38.9 Å². The highest BCUT2D eigenvalue weighted by Gasteiger charge is 2.41. The van der Waals surface area contributed by atoms with Crippen molar-refractivity contribution in [2.75, 3.05) is 13.7 Å². The molecule has 0 fully saturated rings. The summed E-state index contributed by atoms with van der Waals surface area (Å²) in [5, 5.41) is 13.2. The molecule has 7 nitrogen and oxygen atoms in total. The van der Waals surface area contributed by atoms with Gasteiger partial charge in [0.05, 0.1) is 7.11 Å². The van der Waals surface area contributed by atoms with Crippen LogP contribution in [0.1, 0.15) is 39.3 Å². The SMILES string of the molecule is COc1cc(CC(NC(=O)OCC2c3ccccc3-c3ccccc32)C(=O)O)ccc1OC(c1ccccc1)(c1ccccc1)c1ccccc1Cl. The van der Waals surface area contributed by atoms with Gasteiger partial charge in [0.25, 0.3) is 0 Å². The maximum Gasteiger partial charge on any atom is 0.407 e. The van der Waals surface area contributed by atoms with E-state index in [1.165, 1.54) is 7.11 Å². The minimum atomic E-state index is -1.26. The number of rotatable bonds is 12. The highest BCUT2D eigenvalue weighted by atomic mass is 35.5. The zero-order valence-corrected chi connectivity index (χ0v) is 29.1. The van der Waals surface area contributed by atoms with Crippen LogP contribution in [0.2, 0.25) is 5.02 Å². The second kappa shape index (κ2) is 15.1. The molecule has 7 rings (SSSR count). The number of alkyl carbamates (subject to hydrolysis) is 1. The van der Waals surface area contributed by atoms with Crippen LogP contribution >= 0.6 is 11.6 Å². The summed E-state index contributed by atoms with van der Waals surface area (Å²) in [4.78, 5) is 25.4. The van der Waals surface area contributed by atoms with Crippen molar-refractivity contribution < 1.29 is 28.9 Å². The van der Waals surface area contributed by atoms with Crippen LogP contribution < -0.4 is 14.8 Å². The lowest BCUT2D eigenvalue weighted by Gasteiger charge is -2.37. The third-order valence-corrected chi connectivity index (χ3v) is 9.81. The molecule has 0 bridgehead atoms. The first-order chi connectivity index (χ1) is 25.4. The van der Waals surface area contributed by atoms with Gasteiger partial charge in [0.15, 0.2) is 17.1 Å². The number of carbonyl (C=O) groups is 2. The molecular formula is C44H36ClNO6. The Morgan fingerprint density at radius 3 is 1.87 bits per heavy atom. The number of carboxylic acid groups (broad SMARTS) is 1. The molecule has 1 unspecified atom stereocenters. The highest BCUT2D eigenvalue weighted by molar-refractivity contribution is 6.31. The lowest BCUT2D eigenvalue weighted by molar-refractivity contribution is -0.139. The lowest BCUT2D eigenvalue weighted by atomic mass is 9.80. The Labute approximate surface area is 307 Å². The smallest absolute Gasteiger partial charge is 0.407 e. The number of carbonyl (C=O) groups excluding carboxylic acids is 1. The fraction of sp³-hybridized carbons (Fsp3) is 0.136. The molecule has 6 aromatic carbocycles. The van der Waals surface area contributed by atoms with E-state index in [2.05, 4.69) is 17.4 Å². The number of methoxy groups -OCH3 is 1. The number of hydrogen-bond acceptors (Lipinski definition) is 5. The van der Waals surface area contributed by atoms with Crippen molar-refractivity contribution in [2.24, 2.45) is 0 Å². The van der Waals surface area contributed by atoms with Crippen molar-refractivity contribution in [1.29, 1.82) is 0 Å². The van der Waals surface area contributed by atoms with Gasteiger partial charge >= 0.3 is 12.1 Å². The molecule has 0 aliphatic heterocycles. The standard InChI is InChI=1S/C44H36ClNO6/c1-50-41-27-29(26-39(42(47)48)46-43(49)51-28-36-34-20-10-8-18-32(34)33-19-9-11-21-35(33)36)24-25-40(41)52-44(30-14-4-2-5-15-30,31-16-6-3-7-17-31)37-22-12-13-23-38(37)45/h2-25,27,36,39H,26,28H2,1H3,(H,46,49)(H,47,48). The first-order valence-electron chi connectivity index (χ1n) is 17.0. The molecule has 0 aromatic heterocycles. The summed E-state index contributed by atoms with van der Waals surface area (Å²) in [7, 11) is 1.53. The van der Waals surface area contributed by atoms with Crippen molar-refractivity contribution >= 4 is 23.7 Å². The van der Waals surface area contributed by atoms with E-state index in [1.807, 2.05) is 121 Å². The highest BCUT2D eigenvalue weighted by Crippen LogP contribution is 2.47. The summed E-state index contributed by atoms with van der Waals surface area (Å²) in [5.41, 5.74) is 6.21. The fourth-order valence-electron chi connectivity index (χ4n) is 7.05. The van der Waals surface area contributed by atoms with Gasteiger partial charge in [-0.3, -0.25) is 0 Å². The van der Waals surface area contributed by atoms with Gasteiger partial charge in [0.2, 0.25) is 0 Å². The number of amides is 1. The predicted molar refractivity (Wildman–Crippen MR) is 201 cm³/mol. The van der Waals surface area contributed by atoms with Crippen LogP contribution in [0.5, 0.6) is 11.5 Å². The normalized spacial score (nSPS) is 12.7. The van der Waals surface area contributed by atoms with Crippen LogP contribution in [0.4, 0.5) is 4.79 Å². The Morgan fingerprint density at radius 2 is 1.29 bits per heavy atom. The number of nitrogens with one attached hydrogen (secondary N) is 1. The van der Waals surface area contributed by atoms with Crippen molar-refractivity contribution in [3.05, 3.63) is 190 Å². The number of halogens is 1. The van der Waals surface area contributed by atoms with Crippen molar-refractivity contribution in [2.45, 2.75) is 24.0 Å². The Morgan fingerprint density at radius 1 is 0.731 bits per heavy atom. The lowest BCUT2D eigenvalue weighted by Crippen LogP contribution is -2.42. The van der Waals surface area contributed by atoms with Crippen molar-refractivity contribution in [3.63, 3.8) is 0 Å². The third-order valence-electron chi connectivity index (χ3n) is 9.48. The molecule has 1 aliphatic rings. The van der Waals surface area contributed by atoms with Gasteiger partial charge in [0.1, 0.15) is 12.6 Å². The molecule has 260 valence electrons. The van der Waals surface area contributed by atoms with E-state index in [9.17, 15) is 14.7 Å². The minimum absolute atomic E-state index is 0.0246. The number of ether oxygens (including phenoxy) is 3. The molecule has 52 heavy (non-hydrogen) atoms.